The van der Waals surface area contributed by atoms with Crippen LogP contribution >= 0.6 is 0 Å². The quantitative estimate of drug-likeness (QED) is 0.657. The van der Waals surface area contributed by atoms with E-state index in [1.165, 1.54) is 0 Å². The van der Waals surface area contributed by atoms with Gasteiger partial charge in [0, 0.05) is 24.7 Å². The molecule has 7 nitrogen and oxygen atoms in total. The molecule has 144 valence electrons. The third-order valence-corrected chi connectivity index (χ3v) is 3.76. The van der Waals surface area contributed by atoms with Crippen molar-refractivity contribution in [1.29, 1.82) is 0 Å². The molecule has 2 N–H and O–H groups in total. The second-order valence-electron chi connectivity index (χ2n) is 5.56. The van der Waals surface area contributed by atoms with E-state index in [2.05, 4.69) is 10.6 Å². The van der Waals surface area contributed by atoms with Crippen LogP contribution in [0.4, 0.5) is 11.4 Å². The molecule has 27 heavy (non-hydrogen) atoms. The van der Waals surface area contributed by atoms with Gasteiger partial charge in [-0.2, -0.15) is 0 Å². The Bertz CT molecular complexity index is 792. The number of nitrogens with one attached hydrogen (secondary N) is 2. The number of hydrogen-bond acceptors (Lipinski definition) is 6. The molecule has 0 fully saturated rings. The number of methoxy groups -OCH3 is 2. The molecule has 0 bridgehead atoms. The summed E-state index contributed by atoms with van der Waals surface area (Å²) in [7, 11) is 3.14. The molecule has 0 saturated heterocycles. The van der Waals surface area contributed by atoms with Gasteiger partial charge in [-0.05, 0) is 31.2 Å². The Kier molecular flexibility index (Phi) is 7.49. The zero-order chi connectivity index (χ0) is 19.6. The molecule has 1 amide bonds. The molecule has 0 saturated carbocycles. The standard InChI is InChI=1S/C20H24N2O5/c1-4-27-20(24)15-7-5-6-8-16(15)22-19(23)11-12-21-14-9-10-17(25-2)18(13-14)26-3/h5-10,13,21H,4,11-12H2,1-3H3,(H,22,23). The number of ether oxygens (including phenoxy) is 3. The summed E-state index contributed by atoms with van der Waals surface area (Å²) in [5.41, 5.74) is 1.58. The van der Waals surface area contributed by atoms with Gasteiger partial charge >= 0.3 is 5.97 Å². The van der Waals surface area contributed by atoms with E-state index >= 15 is 0 Å². The Morgan fingerprint density at radius 2 is 1.74 bits per heavy atom. The van der Waals surface area contributed by atoms with E-state index in [-0.39, 0.29) is 18.9 Å². The summed E-state index contributed by atoms with van der Waals surface area (Å²) in [5.74, 6) is 0.572. The fourth-order valence-electron chi connectivity index (χ4n) is 2.46. The molecule has 2 rings (SSSR count). The van der Waals surface area contributed by atoms with Crippen LogP contribution in [0.5, 0.6) is 11.5 Å². The van der Waals surface area contributed by atoms with Crippen molar-refractivity contribution < 1.29 is 23.8 Å². The highest BCUT2D eigenvalue weighted by Gasteiger charge is 2.13. The summed E-state index contributed by atoms with van der Waals surface area (Å²) in [4.78, 5) is 24.2. The molecule has 2 aromatic rings. The molecule has 0 aromatic heterocycles. The van der Waals surface area contributed by atoms with Crippen molar-refractivity contribution in [2.45, 2.75) is 13.3 Å². The number of amides is 1. The van der Waals surface area contributed by atoms with Crippen molar-refractivity contribution in [2.24, 2.45) is 0 Å². The van der Waals surface area contributed by atoms with Crippen molar-refractivity contribution >= 4 is 23.3 Å². The Hall–Kier alpha value is -3.22. The largest absolute Gasteiger partial charge is 0.493 e. The van der Waals surface area contributed by atoms with Gasteiger partial charge in [0.05, 0.1) is 32.1 Å². The van der Waals surface area contributed by atoms with E-state index in [4.69, 9.17) is 14.2 Å². The summed E-state index contributed by atoms with van der Waals surface area (Å²) in [5, 5.41) is 5.91. The summed E-state index contributed by atoms with van der Waals surface area (Å²) < 4.78 is 15.4. The third-order valence-electron chi connectivity index (χ3n) is 3.76. The fraction of sp³-hybridized carbons (Fsp3) is 0.300. The van der Waals surface area contributed by atoms with Gasteiger partial charge < -0.3 is 24.8 Å². The molecule has 0 atom stereocenters. The molecule has 7 heteroatoms. The smallest absolute Gasteiger partial charge is 0.340 e. The van der Waals surface area contributed by atoms with Gasteiger partial charge in [0.15, 0.2) is 11.5 Å². The number of hydrogen-bond donors (Lipinski definition) is 2. The summed E-state index contributed by atoms with van der Waals surface area (Å²) in [6.45, 7) is 2.43. The SMILES string of the molecule is CCOC(=O)c1ccccc1NC(=O)CCNc1ccc(OC)c(OC)c1. The van der Waals surface area contributed by atoms with E-state index in [9.17, 15) is 9.59 Å². The fourth-order valence-corrected chi connectivity index (χ4v) is 2.46. The first-order valence-electron chi connectivity index (χ1n) is 8.61. The molecule has 0 aliphatic rings. The predicted octanol–water partition coefficient (Wildman–Crippen LogP) is 3.32. The number of rotatable bonds is 9. The maximum Gasteiger partial charge on any atom is 0.340 e. The highest BCUT2D eigenvalue weighted by Crippen LogP contribution is 2.29. The second-order valence-corrected chi connectivity index (χ2v) is 5.56. The summed E-state index contributed by atoms with van der Waals surface area (Å²) in [6.07, 6.45) is 0.228. The molecule has 0 unspecified atom stereocenters. The molecular weight excluding hydrogens is 348 g/mol. The minimum Gasteiger partial charge on any atom is -0.493 e. The minimum absolute atomic E-state index is 0.209. The van der Waals surface area contributed by atoms with Gasteiger partial charge in [-0.1, -0.05) is 12.1 Å². The van der Waals surface area contributed by atoms with Crippen molar-refractivity contribution in [3.8, 4) is 11.5 Å². The molecule has 0 spiro atoms. The molecule has 0 heterocycles. The van der Waals surface area contributed by atoms with Crippen molar-refractivity contribution in [3.05, 3.63) is 48.0 Å². The molecular formula is C20H24N2O5. The number of para-hydroxylation sites is 1. The summed E-state index contributed by atoms with van der Waals surface area (Å²) in [6, 6.07) is 12.2. The first-order valence-corrected chi connectivity index (χ1v) is 8.61. The number of carbonyl (C=O) groups excluding carboxylic acids is 2. The third kappa shape index (κ3) is 5.64. The number of carbonyl (C=O) groups is 2. The van der Waals surface area contributed by atoms with E-state index < -0.39 is 5.97 Å². The van der Waals surface area contributed by atoms with Crippen LogP contribution in [0.15, 0.2) is 42.5 Å². The van der Waals surface area contributed by atoms with Crippen molar-refractivity contribution in [1.82, 2.24) is 0 Å². The van der Waals surface area contributed by atoms with Crippen molar-refractivity contribution in [2.75, 3.05) is 38.0 Å². The van der Waals surface area contributed by atoms with Crippen LogP contribution in [0, 0.1) is 0 Å². The van der Waals surface area contributed by atoms with Crippen LogP contribution in [0.2, 0.25) is 0 Å². The van der Waals surface area contributed by atoms with Gasteiger partial charge in [0.25, 0.3) is 0 Å². The first kappa shape index (κ1) is 20.1. The second kappa shape index (κ2) is 10.1. The molecule has 0 aliphatic carbocycles. The van der Waals surface area contributed by atoms with Gasteiger partial charge in [-0.3, -0.25) is 4.79 Å². The summed E-state index contributed by atoms with van der Waals surface area (Å²) >= 11 is 0. The van der Waals surface area contributed by atoms with E-state index in [1.54, 1.807) is 57.5 Å². The van der Waals surface area contributed by atoms with Gasteiger partial charge in [0.2, 0.25) is 5.91 Å². The van der Waals surface area contributed by atoms with Gasteiger partial charge in [-0.15, -0.1) is 0 Å². The van der Waals surface area contributed by atoms with Crippen molar-refractivity contribution in [3.63, 3.8) is 0 Å². The topological polar surface area (TPSA) is 85.9 Å². The molecule has 0 radical (unpaired) electrons. The monoisotopic (exact) mass is 372 g/mol. The molecule has 2 aromatic carbocycles. The molecule has 0 aliphatic heterocycles. The van der Waals surface area contributed by atoms with Crippen LogP contribution in [0.3, 0.4) is 0 Å². The lowest BCUT2D eigenvalue weighted by Crippen LogP contribution is -2.18. The Balaban J connectivity index is 1.91. The zero-order valence-corrected chi connectivity index (χ0v) is 15.7. The first-order chi connectivity index (χ1) is 13.1. The predicted molar refractivity (Wildman–Crippen MR) is 104 cm³/mol. The van der Waals surface area contributed by atoms with E-state index in [0.29, 0.717) is 29.3 Å². The average Bonchev–Trinajstić information content (AvgIpc) is 2.68. The number of benzene rings is 2. The number of esters is 1. The van der Waals surface area contributed by atoms with E-state index in [0.717, 1.165) is 5.69 Å². The average molecular weight is 372 g/mol. The highest BCUT2D eigenvalue weighted by atomic mass is 16.5. The highest BCUT2D eigenvalue weighted by molar-refractivity contribution is 6.01. The Morgan fingerprint density at radius 3 is 2.44 bits per heavy atom. The maximum atomic E-state index is 12.2. The van der Waals surface area contributed by atoms with Crippen LogP contribution in [0.25, 0.3) is 0 Å². The maximum absolute atomic E-state index is 12.2. The van der Waals surface area contributed by atoms with Crippen LogP contribution in [-0.4, -0.2) is 39.2 Å². The minimum atomic E-state index is -0.461. The van der Waals surface area contributed by atoms with Gasteiger partial charge in [0.1, 0.15) is 0 Å². The lowest BCUT2D eigenvalue weighted by atomic mass is 10.1. The number of anilines is 2. The van der Waals surface area contributed by atoms with Crippen LogP contribution in [0.1, 0.15) is 23.7 Å². The van der Waals surface area contributed by atoms with Gasteiger partial charge in [-0.25, -0.2) is 4.79 Å². The lowest BCUT2D eigenvalue weighted by molar-refractivity contribution is -0.115. The van der Waals surface area contributed by atoms with Crippen LogP contribution in [-0.2, 0) is 9.53 Å². The Labute approximate surface area is 158 Å². The van der Waals surface area contributed by atoms with E-state index in [1.807, 2.05) is 6.07 Å². The lowest BCUT2D eigenvalue weighted by Gasteiger charge is -2.12. The normalized spacial score (nSPS) is 10.0. The van der Waals surface area contributed by atoms with Crippen LogP contribution < -0.4 is 20.1 Å². The zero-order valence-electron chi connectivity index (χ0n) is 15.7. The Morgan fingerprint density at radius 1 is 1.00 bits per heavy atom.